The molecule has 0 amide bonds. The van der Waals surface area contributed by atoms with Gasteiger partial charge in [-0.1, -0.05) is 41.9 Å². The van der Waals surface area contributed by atoms with Gasteiger partial charge in [0.05, 0.1) is 12.1 Å². The Balaban J connectivity index is 1.91. The number of hydrogen-bond acceptors (Lipinski definition) is 4. The highest BCUT2D eigenvalue weighted by Gasteiger charge is 2.36. The number of aliphatic hydroxyl groups is 1. The molecule has 0 radical (unpaired) electrons. The van der Waals surface area contributed by atoms with Crippen molar-refractivity contribution in [3.63, 3.8) is 0 Å². The lowest BCUT2D eigenvalue weighted by atomic mass is 9.77. The lowest BCUT2D eigenvalue weighted by molar-refractivity contribution is 0.144. The lowest BCUT2D eigenvalue weighted by Gasteiger charge is -2.41. The topological polar surface area (TPSA) is 58.0 Å². The zero-order valence-corrected chi connectivity index (χ0v) is 11.8. The molecule has 5 heteroatoms. The van der Waals surface area contributed by atoms with Gasteiger partial charge in [-0.25, -0.2) is 9.97 Å². The van der Waals surface area contributed by atoms with Crippen molar-refractivity contribution in [3.8, 4) is 11.4 Å². The number of nitrogens with one attached hydrogen (secondary N) is 1. The Morgan fingerprint density at radius 2 is 1.95 bits per heavy atom. The fourth-order valence-electron chi connectivity index (χ4n) is 2.40. The molecule has 1 aromatic carbocycles. The first-order valence-corrected chi connectivity index (χ1v) is 7.08. The summed E-state index contributed by atoms with van der Waals surface area (Å²) in [6, 6.07) is 11.4. The van der Waals surface area contributed by atoms with Gasteiger partial charge in [0.2, 0.25) is 0 Å². The Labute approximate surface area is 122 Å². The fourth-order valence-corrected chi connectivity index (χ4v) is 2.58. The van der Waals surface area contributed by atoms with Gasteiger partial charge in [-0.15, -0.1) is 0 Å². The molecule has 0 aliphatic heterocycles. The van der Waals surface area contributed by atoms with Gasteiger partial charge >= 0.3 is 0 Å². The van der Waals surface area contributed by atoms with Crippen LogP contribution in [0.3, 0.4) is 0 Å². The summed E-state index contributed by atoms with van der Waals surface area (Å²) in [5.41, 5.74) is 0.677. The summed E-state index contributed by atoms with van der Waals surface area (Å²) in [6.07, 6.45) is 3.02. The number of benzene rings is 1. The maximum atomic E-state index is 9.51. The first-order valence-electron chi connectivity index (χ1n) is 6.70. The molecule has 1 fully saturated rings. The van der Waals surface area contributed by atoms with E-state index in [0.717, 1.165) is 24.8 Å². The summed E-state index contributed by atoms with van der Waals surface area (Å²) in [4.78, 5) is 8.76. The molecule has 4 nitrogen and oxygen atoms in total. The SMILES string of the molecule is OCC1(Nc2cc(Cl)nc(-c3ccccc3)n2)CCC1. The van der Waals surface area contributed by atoms with Crippen LogP contribution in [-0.4, -0.2) is 27.2 Å². The Bertz CT molecular complexity index is 594. The molecule has 1 aromatic heterocycles. The molecule has 2 aromatic rings. The van der Waals surface area contributed by atoms with Crippen LogP contribution in [0.4, 0.5) is 5.82 Å². The highest BCUT2D eigenvalue weighted by Crippen LogP contribution is 2.35. The summed E-state index contributed by atoms with van der Waals surface area (Å²) in [5, 5.41) is 13.2. The van der Waals surface area contributed by atoms with Crippen LogP contribution in [0.25, 0.3) is 11.4 Å². The van der Waals surface area contributed by atoms with E-state index < -0.39 is 0 Å². The van der Waals surface area contributed by atoms with Gasteiger partial charge < -0.3 is 10.4 Å². The van der Waals surface area contributed by atoms with Crippen LogP contribution in [0.5, 0.6) is 0 Å². The molecule has 1 aliphatic carbocycles. The minimum absolute atomic E-state index is 0.106. The van der Waals surface area contributed by atoms with Crippen molar-refractivity contribution < 1.29 is 5.11 Å². The monoisotopic (exact) mass is 289 g/mol. The van der Waals surface area contributed by atoms with Crippen molar-refractivity contribution in [2.24, 2.45) is 0 Å². The third-order valence-corrected chi connectivity index (χ3v) is 3.93. The third kappa shape index (κ3) is 2.62. The number of hydrogen-bond donors (Lipinski definition) is 2. The summed E-state index contributed by atoms with van der Waals surface area (Å²) >= 11 is 6.08. The van der Waals surface area contributed by atoms with Crippen molar-refractivity contribution in [2.75, 3.05) is 11.9 Å². The zero-order chi connectivity index (χ0) is 14.0. The summed E-state index contributed by atoms with van der Waals surface area (Å²) in [5.74, 6) is 1.26. The van der Waals surface area contributed by atoms with Crippen molar-refractivity contribution in [3.05, 3.63) is 41.6 Å². The Morgan fingerprint density at radius 3 is 2.55 bits per heavy atom. The van der Waals surface area contributed by atoms with Crippen LogP contribution in [0.1, 0.15) is 19.3 Å². The minimum atomic E-state index is -0.244. The molecule has 0 saturated heterocycles. The minimum Gasteiger partial charge on any atom is -0.394 e. The van der Waals surface area contributed by atoms with Gasteiger partial charge in [-0.2, -0.15) is 0 Å². The van der Waals surface area contributed by atoms with Gasteiger partial charge in [0.1, 0.15) is 11.0 Å². The number of rotatable bonds is 4. The first-order chi connectivity index (χ1) is 9.71. The molecule has 2 N–H and O–H groups in total. The fraction of sp³-hybridized carbons (Fsp3) is 0.333. The van der Waals surface area contributed by atoms with Gasteiger partial charge in [0, 0.05) is 11.6 Å². The first kappa shape index (κ1) is 13.3. The normalized spacial score (nSPS) is 16.5. The zero-order valence-electron chi connectivity index (χ0n) is 11.0. The number of anilines is 1. The largest absolute Gasteiger partial charge is 0.394 e. The summed E-state index contributed by atoms with van der Waals surface area (Å²) in [6.45, 7) is 0.106. The molecule has 104 valence electrons. The highest BCUT2D eigenvalue weighted by atomic mass is 35.5. The van der Waals surface area contributed by atoms with Crippen LogP contribution in [-0.2, 0) is 0 Å². The average Bonchev–Trinajstić information content (AvgIpc) is 2.43. The average molecular weight is 290 g/mol. The third-order valence-electron chi connectivity index (χ3n) is 3.73. The molecule has 20 heavy (non-hydrogen) atoms. The second kappa shape index (κ2) is 5.38. The standard InChI is InChI=1S/C15H16ClN3O/c16-12-9-13(19-15(10-20)7-4-8-15)18-14(17-12)11-5-2-1-3-6-11/h1-3,5-6,9,20H,4,7-8,10H2,(H,17,18,19). The van der Waals surface area contributed by atoms with E-state index in [0.29, 0.717) is 16.8 Å². The number of nitrogens with zero attached hydrogens (tertiary/aromatic N) is 2. The maximum Gasteiger partial charge on any atom is 0.163 e. The molecule has 0 atom stereocenters. The molecular formula is C15H16ClN3O. The summed E-state index contributed by atoms with van der Waals surface area (Å²) in [7, 11) is 0. The van der Waals surface area contributed by atoms with Crippen LogP contribution in [0.2, 0.25) is 5.15 Å². The van der Waals surface area contributed by atoms with E-state index in [1.54, 1.807) is 6.07 Å². The molecule has 1 saturated carbocycles. The Morgan fingerprint density at radius 1 is 1.20 bits per heavy atom. The molecule has 1 aliphatic rings. The van der Waals surface area contributed by atoms with E-state index in [-0.39, 0.29) is 12.1 Å². The molecular weight excluding hydrogens is 274 g/mol. The van der Waals surface area contributed by atoms with Crippen molar-refractivity contribution in [1.82, 2.24) is 9.97 Å². The van der Waals surface area contributed by atoms with E-state index in [4.69, 9.17) is 11.6 Å². The predicted molar refractivity (Wildman–Crippen MR) is 79.8 cm³/mol. The predicted octanol–water partition coefficient (Wildman–Crippen LogP) is 3.12. The second-order valence-corrected chi connectivity index (χ2v) is 5.57. The lowest BCUT2D eigenvalue weighted by Crippen LogP contribution is -2.48. The number of aliphatic hydroxyl groups excluding tert-OH is 1. The molecule has 0 bridgehead atoms. The Kier molecular flexibility index (Phi) is 3.59. The van der Waals surface area contributed by atoms with Crippen LogP contribution >= 0.6 is 11.6 Å². The highest BCUT2D eigenvalue weighted by molar-refractivity contribution is 6.29. The van der Waals surface area contributed by atoms with E-state index in [2.05, 4.69) is 15.3 Å². The van der Waals surface area contributed by atoms with E-state index >= 15 is 0 Å². The van der Waals surface area contributed by atoms with Crippen LogP contribution in [0, 0.1) is 0 Å². The Hall–Kier alpha value is -1.65. The summed E-state index contributed by atoms with van der Waals surface area (Å²) < 4.78 is 0. The molecule has 0 unspecified atom stereocenters. The van der Waals surface area contributed by atoms with Gasteiger partial charge in [-0.3, -0.25) is 0 Å². The maximum absolute atomic E-state index is 9.51. The molecule has 0 spiro atoms. The van der Waals surface area contributed by atoms with E-state index in [1.165, 1.54) is 0 Å². The van der Waals surface area contributed by atoms with Crippen molar-refractivity contribution in [1.29, 1.82) is 0 Å². The number of halogens is 1. The number of aromatic nitrogens is 2. The van der Waals surface area contributed by atoms with Gasteiger partial charge in [-0.05, 0) is 19.3 Å². The smallest absolute Gasteiger partial charge is 0.163 e. The van der Waals surface area contributed by atoms with Crippen LogP contribution in [0.15, 0.2) is 36.4 Å². The van der Waals surface area contributed by atoms with E-state index in [1.807, 2.05) is 30.3 Å². The van der Waals surface area contributed by atoms with Gasteiger partial charge in [0.15, 0.2) is 5.82 Å². The molecule has 1 heterocycles. The second-order valence-electron chi connectivity index (χ2n) is 5.18. The van der Waals surface area contributed by atoms with Crippen molar-refractivity contribution >= 4 is 17.4 Å². The van der Waals surface area contributed by atoms with Crippen molar-refractivity contribution in [2.45, 2.75) is 24.8 Å². The molecule has 3 rings (SSSR count). The quantitative estimate of drug-likeness (QED) is 0.849. The van der Waals surface area contributed by atoms with Crippen LogP contribution < -0.4 is 5.32 Å². The van der Waals surface area contributed by atoms with E-state index in [9.17, 15) is 5.11 Å². The van der Waals surface area contributed by atoms with Gasteiger partial charge in [0.25, 0.3) is 0 Å².